The minimum atomic E-state index is -3.65. The molecule has 8 nitrogen and oxygen atoms in total. The number of halogens is 4. The topological polar surface area (TPSA) is 103 Å². The van der Waals surface area contributed by atoms with Crippen molar-refractivity contribution in [2.24, 2.45) is 0 Å². The van der Waals surface area contributed by atoms with Gasteiger partial charge in [-0.25, -0.2) is 17.8 Å². The number of hydrogen-bond donors (Lipinski definition) is 1. The summed E-state index contributed by atoms with van der Waals surface area (Å²) in [6.45, 7) is 4.74. The number of nitrogens with zero attached hydrogens (tertiary/aromatic N) is 3. The molecule has 0 aliphatic heterocycles. The average Bonchev–Trinajstić information content (AvgIpc) is 3.14. The summed E-state index contributed by atoms with van der Waals surface area (Å²) in [6.07, 6.45) is 8.08. The fourth-order valence-electron chi connectivity index (χ4n) is 2.91. The number of benzene rings is 1. The van der Waals surface area contributed by atoms with Gasteiger partial charge in [0.15, 0.2) is 0 Å². The van der Waals surface area contributed by atoms with Crippen molar-refractivity contribution in [2.45, 2.75) is 72.8 Å². The Morgan fingerprint density at radius 3 is 1.82 bits per heavy atom. The van der Waals surface area contributed by atoms with Gasteiger partial charge in [-0.2, -0.15) is 13.5 Å². The second kappa shape index (κ2) is 18.3. The van der Waals surface area contributed by atoms with Crippen molar-refractivity contribution in [3.63, 3.8) is 0 Å². The first-order valence-electron chi connectivity index (χ1n) is 12.7. The maximum atomic E-state index is 12.8. The van der Waals surface area contributed by atoms with E-state index in [2.05, 4.69) is 30.6 Å². The summed E-state index contributed by atoms with van der Waals surface area (Å²) in [5.41, 5.74) is -1.27. The van der Waals surface area contributed by atoms with Crippen LogP contribution in [0.1, 0.15) is 71.7 Å². The van der Waals surface area contributed by atoms with Crippen molar-refractivity contribution < 1.29 is 21.8 Å². The molecule has 0 saturated carbocycles. The van der Waals surface area contributed by atoms with Crippen LogP contribution in [0.5, 0.6) is 0 Å². The Bertz CT molecular complexity index is 1260. The molecule has 2 rings (SSSR count). The maximum absolute atomic E-state index is 12.8. The minimum absolute atomic E-state index is 0.0257. The fraction of sp³-hybridized carbons (Fsp3) is 0.652. The summed E-state index contributed by atoms with van der Waals surface area (Å²) in [6, 6.07) is 2.31. The lowest BCUT2D eigenvalue weighted by Crippen LogP contribution is -2.25. The molecule has 0 aliphatic rings. The van der Waals surface area contributed by atoms with E-state index in [1.54, 1.807) is 34.1 Å². The van der Waals surface area contributed by atoms with Gasteiger partial charge in [0.25, 0.3) is 0 Å². The smallest absolute Gasteiger partial charge is 0.289 e. The number of nitrogens with one attached hydrogen (secondary N) is 1. The molecule has 1 heterocycles. The zero-order valence-corrected chi connectivity index (χ0v) is 28.8. The lowest BCUT2D eigenvalue weighted by Gasteiger charge is -2.15. The summed E-state index contributed by atoms with van der Waals surface area (Å²) in [7, 11) is -3.65. The highest BCUT2D eigenvalue weighted by atomic mass is 35.5. The van der Waals surface area contributed by atoms with Crippen LogP contribution in [-0.2, 0) is 14.6 Å². The van der Waals surface area contributed by atoms with E-state index in [1.807, 2.05) is 0 Å². The Hall–Kier alpha value is -0.370. The second-order valence-corrected chi connectivity index (χ2v) is 23.0. The molecular formula is C23H37Cl2F2N4O4PS4. The normalized spacial score (nSPS) is 11.9. The second-order valence-electron chi connectivity index (χ2n) is 8.55. The van der Waals surface area contributed by atoms with Gasteiger partial charge in [-0.15, -0.1) is 5.10 Å². The van der Waals surface area contributed by atoms with Crippen LogP contribution < -0.4 is 10.4 Å². The van der Waals surface area contributed by atoms with Gasteiger partial charge in [0.05, 0.1) is 27.7 Å². The molecule has 0 spiro atoms. The van der Waals surface area contributed by atoms with E-state index in [0.717, 1.165) is 29.6 Å². The summed E-state index contributed by atoms with van der Waals surface area (Å²) >= 11 is 17.0. The standard InChI is InChI=1S/C12H27OPS3.C11H10Cl2F2N4O3S/c1-4-7-10-15-14(13,16-11-8-5-2)17-12-9-6-3;1-5-16-19(11(20)18(5)10(14)15)9-4-8(17-23(2,21)22)6(12)3-7(9)13/h4-12H2,1-3H3;3-4,10,17H,1-2H3. The van der Waals surface area contributed by atoms with E-state index in [-0.39, 0.29) is 31.8 Å². The third-order valence-corrected chi connectivity index (χ3v) is 18.7. The highest BCUT2D eigenvalue weighted by molar-refractivity contribution is 9.14. The fourth-order valence-corrected chi connectivity index (χ4v) is 16.1. The first-order valence-corrected chi connectivity index (χ1v) is 21.8. The van der Waals surface area contributed by atoms with E-state index >= 15 is 0 Å². The molecule has 1 aromatic carbocycles. The Kier molecular flexibility index (Phi) is 17.3. The highest BCUT2D eigenvalue weighted by Crippen LogP contribution is 2.78. The minimum Gasteiger partial charge on any atom is -0.289 e. The quantitative estimate of drug-likeness (QED) is 0.137. The number of sulfonamides is 1. The molecule has 0 amide bonds. The lowest BCUT2D eigenvalue weighted by molar-refractivity contribution is 0.0640. The molecule has 0 aliphatic carbocycles. The van der Waals surface area contributed by atoms with Crippen LogP contribution in [0.25, 0.3) is 5.69 Å². The van der Waals surface area contributed by atoms with E-state index in [1.165, 1.54) is 51.5 Å². The van der Waals surface area contributed by atoms with Gasteiger partial charge < -0.3 is 0 Å². The average molecular weight is 702 g/mol. The van der Waals surface area contributed by atoms with Gasteiger partial charge in [-0.1, -0.05) is 97.4 Å². The van der Waals surface area contributed by atoms with Crippen LogP contribution in [0.2, 0.25) is 10.0 Å². The Morgan fingerprint density at radius 2 is 1.45 bits per heavy atom. The number of rotatable bonds is 16. The first-order chi connectivity index (χ1) is 18.7. The van der Waals surface area contributed by atoms with Crippen molar-refractivity contribution >= 4 is 77.8 Å². The number of unbranched alkanes of at least 4 members (excludes halogenated alkanes) is 3. The maximum Gasteiger partial charge on any atom is 0.355 e. The third kappa shape index (κ3) is 12.9. The van der Waals surface area contributed by atoms with Gasteiger partial charge in [0.1, 0.15) is 5.82 Å². The molecule has 40 heavy (non-hydrogen) atoms. The first kappa shape index (κ1) is 37.7. The van der Waals surface area contributed by atoms with Crippen LogP contribution in [0.4, 0.5) is 14.5 Å². The van der Waals surface area contributed by atoms with Crippen molar-refractivity contribution in [3.05, 3.63) is 38.5 Å². The number of aryl methyl sites for hydroxylation is 1. The predicted molar refractivity (Wildman–Crippen MR) is 172 cm³/mol. The Labute approximate surface area is 257 Å². The highest BCUT2D eigenvalue weighted by Gasteiger charge is 2.23. The number of anilines is 1. The van der Waals surface area contributed by atoms with Gasteiger partial charge in [-0.3, -0.25) is 9.29 Å². The lowest BCUT2D eigenvalue weighted by atomic mass is 10.3. The van der Waals surface area contributed by atoms with Crippen molar-refractivity contribution in [3.8, 4) is 5.69 Å². The van der Waals surface area contributed by atoms with Crippen LogP contribution in [0, 0.1) is 6.92 Å². The molecule has 2 aromatic rings. The van der Waals surface area contributed by atoms with E-state index in [9.17, 15) is 26.6 Å². The molecule has 230 valence electrons. The largest absolute Gasteiger partial charge is 0.355 e. The summed E-state index contributed by atoms with van der Waals surface area (Å²) in [5.74, 6) is 2.96. The number of alkyl halides is 2. The molecule has 1 N–H and O–H groups in total. The molecule has 0 unspecified atom stereocenters. The zero-order valence-electron chi connectivity index (χ0n) is 23.2. The number of aromatic nitrogens is 3. The molecular weight excluding hydrogens is 664 g/mol. The Morgan fingerprint density at radius 1 is 0.975 bits per heavy atom. The van der Waals surface area contributed by atoms with Crippen LogP contribution >= 0.6 is 62.1 Å². The van der Waals surface area contributed by atoms with E-state index in [0.29, 0.717) is 4.68 Å². The predicted octanol–water partition coefficient (Wildman–Crippen LogP) is 9.11. The van der Waals surface area contributed by atoms with Crippen LogP contribution in [0.3, 0.4) is 0 Å². The molecule has 1 aromatic heterocycles. The summed E-state index contributed by atoms with van der Waals surface area (Å²) < 4.78 is 61.9. The molecule has 0 saturated heterocycles. The third-order valence-electron chi connectivity index (χ3n) is 4.98. The molecule has 0 bridgehead atoms. The SMILES string of the molecule is CCCCSP(=O)(SCCCC)SCCCC.Cc1nn(-c2cc(NS(C)(=O)=O)c(Cl)cc2Cl)c(=O)n1C(F)F. The zero-order chi connectivity index (χ0) is 30.5. The van der Waals surface area contributed by atoms with Crippen molar-refractivity contribution in [2.75, 3.05) is 28.2 Å². The van der Waals surface area contributed by atoms with Crippen LogP contribution in [0.15, 0.2) is 16.9 Å². The summed E-state index contributed by atoms with van der Waals surface area (Å²) in [5, 5.41) is 3.63. The van der Waals surface area contributed by atoms with Gasteiger partial charge in [0, 0.05) is 17.3 Å². The molecule has 0 radical (unpaired) electrons. The summed E-state index contributed by atoms with van der Waals surface area (Å²) in [4.78, 5) is 12.0. The van der Waals surface area contributed by atoms with E-state index < -0.39 is 27.0 Å². The van der Waals surface area contributed by atoms with Crippen LogP contribution in [-0.4, -0.2) is 46.3 Å². The monoisotopic (exact) mass is 700 g/mol. The van der Waals surface area contributed by atoms with Crippen molar-refractivity contribution in [1.82, 2.24) is 14.3 Å². The van der Waals surface area contributed by atoms with E-state index in [4.69, 9.17) is 23.2 Å². The Balaban J connectivity index is 0.000000421. The number of hydrogen-bond acceptors (Lipinski definition) is 8. The van der Waals surface area contributed by atoms with Gasteiger partial charge in [-0.05, 0) is 38.3 Å². The molecule has 17 heteroatoms. The van der Waals surface area contributed by atoms with Crippen molar-refractivity contribution in [1.29, 1.82) is 0 Å². The van der Waals surface area contributed by atoms with Gasteiger partial charge in [0.2, 0.25) is 14.8 Å². The molecule has 0 fully saturated rings. The molecule has 0 atom stereocenters. The van der Waals surface area contributed by atoms with Gasteiger partial charge >= 0.3 is 12.2 Å².